The highest BCUT2D eigenvalue weighted by atomic mass is 19.1. The first-order chi connectivity index (χ1) is 18.6. The third-order valence-electron chi connectivity index (χ3n) is 4.89. The number of tetrazole rings is 1. The van der Waals surface area contributed by atoms with Crippen LogP contribution < -0.4 is 10.1 Å². The molecule has 0 bridgehead atoms. The van der Waals surface area contributed by atoms with Crippen molar-refractivity contribution in [3.63, 3.8) is 0 Å². The van der Waals surface area contributed by atoms with Crippen molar-refractivity contribution in [1.29, 1.82) is 0 Å². The number of hydrogen-bond donors (Lipinski definition) is 1. The molecule has 0 spiro atoms. The number of hydrogen-bond acceptors (Lipinski definition) is 9. The Morgan fingerprint density at radius 2 is 1.85 bits per heavy atom. The number of ether oxygens (including phenoxy) is 2. The number of carbonyl (C=O) groups excluding carboxylic acids is 1. The first-order valence-corrected chi connectivity index (χ1v) is 11.7. The van der Waals surface area contributed by atoms with Crippen molar-refractivity contribution in [3.8, 4) is 11.5 Å². The maximum absolute atomic E-state index is 13.9. The van der Waals surface area contributed by atoms with Gasteiger partial charge in [0.1, 0.15) is 23.0 Å². The number of aryl methyl sites for hydroxylation is 1. The average Bonchev–Trinajstić information content (AvgIpc) is 3.28. The van der Waals surface area contributed by atoms with Crippen molar-refractivity contribution in [3.05, 3.63) is 89.4 Å². The fraction of sp³-hybridized carbons (Fsp3) is 0.231. The van der Waals surface area contributed by atoms with Crippen molar-refractivity contribution >= 4 is 17.6 Å². The number of pyridine rings is 1. The summed E-state index contributed by atoms with van der Waals surface area (Å²) in [7, 11) is 1.65. The number of anilines is 1. The predicted octanol–water partition coefficient (Wildman–Crippen LogP) is 4.99. The molecule has 4 aromatic rings. The molecule has 0 aliphatic rings. The Bertz CT molecular complexity index is 1480. The van der Waals surface area contributed by atoms with E-state index in [0.717, 1.165) is 12.1 Å². The van der Waals surface area contributed by atoms with Crippen LogP contribution in [0.25, 0.3) is 0 Å². The fourth-order valence-corrected chi connectivity index (χ4v) is 3.22. The molecule has 0 aliphatic carbocycles. The zero-order chi connectivity index (χ0) is 28.0. The lowest BCUT2D eigenvalue weighted by atomic mass is 10.1. The van der Waals surface area contributed by atoms with Gasteiger partial charge in [-0.1, -0.05) is 11.2 Å². The first-order valence-electron chi connectivity index (χ1n) is 11.7. The van der Waals surface area contributed by atoms with Gasteiger partial charge in [-0.2, -0.15) is 0 Å². The first kappa shape index (κ1) is 27.1. The van der Waals surface area contributed by atoms with Gasteiger partial charge in [-0.15, -0.1) is 5.10 Å². The van der Waals surface area contributed by atoms with Crippen LogP contribution in [0, 0.1) is 11.6 Å². The van der Waals surface area contributed by atoms with E-state index in [9.17, 15) is 13.6 Å². The molecule has 2 heterocycles. The smallest absolute Gasteiger partial charge is 0.413 e. The Kier molecular flexibility index (Phi) is 8.08. The van der Waals surface area contributed by atoms with Gasteiger partial charge < -0.3 is 14.3 Å². The van der Waals surface area contributed by atoms with Gasteiger partial charge in [-0.3, -0.25) is 5.32 Å². The molecule has 1 N–H and O–H groups in total. The van der Waals surface area contributed by atoms with E-state index in [1.54, 1.807) is 70.3 Å². The van der Waals surface area contributed by atoms with Crippen LogP contribution in [0.3, 0.4) is 0 Å². The maximum atomic E-state index is 13.9. The number of aromatic nitrogens is 5. The number of nitrogens with one attached hydrogen (secondary N) is 1. The zero-order valence-corrected chi connectivity index (χ0v) is 21.6. The van der Waals surface area contributed by atoms with Gasteiger partial charge in [-0.05, 0) is 79.7 Å². The Hall–Kier alpha value is -4.94. The number of rotatable bonds is 8. The van der Waals surface area contributed by atoms with Gasteiger partial charge in [-0.25, -0.2) is 23.2 Å². The summed E-state index contributed by atoms with van der Waals surface area (Å²) < 4.78 is 39.3. The molecule has 0 aliphatic heterocycles. The van der Waals surface area contributed by atoms with E-state index in [-0.39, 0.29) is 12.4 Å². The quantitative estimate of drug-likeness (QED) is 0.246. The molecule has 0 atom stereocenters. The standard InChI is InChI=1S/C26H25F2N7O4/c1-26(2,3)39-25(36)30-22-7-5-6-18(29-22)15-37-32-23(24-31-33-34-35(24)4)16-8-11-19(12-9-16)38-21-13-10-17(27)14-20(21)28/h5-14H,15H2,1-4H3,(H,29,30,36)/b32-23-. The van der Waals surface area contributed by atoms with Gasteiger partial charge >= 0.3 is 6.09 Å². The number of oxime groups is 1. The summed E-state index contributed by atoms with van der Waals surface area (Å²) in [6.07, 6.45) is -0.627. The molecule has 2 aromatic carbocycles. The summed E-state index contributed by atoms with van der Waals surface area (Å²) in [6.45, 7) is 5.26. The number of amides is 1. The molecule has 202 valence electrons. The monoisotopic (exact) mass is 537 g/mol. The summed E-state index contributed by atoms with van der Waals surface area (Å²) in [5.41, 5.74) is 0.734. The lowest BCUT2D eigenvalue weighted by Gasteiger charge is -2.19. The highest BCUT2D eigenvalue weighted by molar-refractivity contribution is 6.10. The lowest BCUT2D eigenvalue weighted by molar-refractivity contribution is 0.0635. The van der Waals surface area contributed by atoms with Crippen molar-refractivity contribution in [2.45, 2.75) is 33.0 Å². The highest BCUT2D eigenvalue weighted by Gasteiger charge is 2.18. The minimum absolute atomic E-state index is 0.0242. The van der Waals surface area contributed by atoms with Gasteiger partial charge in [0, 0.05) is 18.7 Å². The minimum atomic E-state index is -0.820. The molecule has 13 heteroatoms. The van der Waals surface area contributed by atoms with Gasteiger partial charge in [0.05, 0.1) is 5.69 Å². The third-order valence-corrected chi connectivity index (χ3v) is 4.89. The van der Waals surface area contributed by atoms with E-state index >= 15 is 0 Å². The van der Waals surface area contributed by atoms with E-state index in [1.165, 1.54) is 10.7 Å². The maximum Gasteiger partial charge on any atom is 0.413 e. The van der Waals surface area contributed by atoms with Crippen LogP contribution in [0.1, 0.15) is 37.9 Å². The largest absolute Gasteiger partial charge is 0.454 e. The fourth-order valence-electron chi connectivity index (χ4n) is 3.22. The van der Waals surface area contributed by atoms with E-state index in [4.69, 9.17) is 14.3 Å². The van der Waals surface area contributed by atoms with E-state index in [2.05, 4.69) is 31.0 Å². The summed E-state index contributed by atoms with van der Waals surface area (Å²) in [5, 5.41) is 18.3. The van der Waals surface area contributed by atoms with Crippen molar-refractivity contribution in [2.24, 2.45) is 12.2 Å². The van der Waals surface area contributed by atoms with Gasteiger partial charge in [0.2, 0.25) is 5.82 Å². The predicted molar refractivity (Wildman–Crippen MR) is 136 cm³/mol. The van der Waals surface area contributed by atoms with Crippen LogP contribution in [-0.2, 0) is 23.2 Å². The van der Waals surface area contributed by atoms with Crippen LogP contribution >= 0.6 is 0 Å². The number of carbonyl (C=O) groups is 1. The van der Waals surface area contributed by atoms with E-state index in [0.29, 0.717) is 34.4 Å². The van der Waals surface area contributed by atoms with Crippen molar-refractivity contribution in [1.82, 2.24) is 25.2 Å². The van der Waals surface area contributed by atoms with E-state index < -0.39 is 23.3 Å². The average molecular weight is 538 g/mol. The molecule has 2 aromatic heterocycles. The minimum Gasteiger partial charge on any atom is -0.454 e. The van der Waals surface area contributed by atoms with Crippen molar-refractivity contribution < 1.29 is 27.9 Å². The molecule has 0 saturated carbocycles. The third kappa shape index (κ3) is 7.53. The molecule has 0 fully saturated rings. The SMILES string of the molecule is Cn1nnnc1/C(=N\OCc1cccc(NC(=O)OC(C)(C)C)n1)c1ccc(Oc2ccc(F)cc2F)cc1. The summed E-state index contributed by atoms with van der Waals surface area (Å²) >= 11 is 0. The normalized spacial score (nSPS) is 11.7. The summed E-state index contributed by atoms with van der Waals surface area (Å²) in [4.78, 5) is 21.9. The Morgan fingerprint density at radius 3 is 2.51 bits per heavy atom. The van der Waals surface area contributed by atoms with Crippen LogP contribution in [0.15, 0.2) is 65.8 Å². The molecular weight excluding hydrogens is 512 g/mol. The molecule has 0 radical (unpaired) electrons. The Labute approximate surface area is 222 Å². The van der Waals surface area contributed by atoms with E-state index in [1.807, 2.05) is 0 Å². The van der Waals surface area contributed by atoms with Gasteiger partial charge in [0.25, 0.3) is 0 Å². The topological polar surface area (TPSA) is 126 Å². The molecule has 4 rings (SSSR count). The molecule has 39 heavy (non-hydrogen) atoms. The van der Waals surface area contributed by atoms with Crippen LogP contribution in [0.4, 0.5) is 19.4 Å². The highest BCUT2D eigenvalue weighted by Crippen LogP contribution is 2.25. The Balaban J connectivity index is 1.49. The second kappa shape index (κ2) is 11.6. The summed E-state index contributed by atoms with van der Waals surface area (Å²) in [5.74, 6) is -0.705. The van der Waals surface area contributed by atoms with Crippen LogP contribution in [0.2, 0.25) is 0 Å². The number of halogens is 2. The Morgan fingerprint density at radius 1 is 1.08 bits per heavy atom. The molecule has 0 saturated heterocycles. The van der Waals surface area contributed by atoms with Crippen LogP contribution in [-0.4, -0.2) is 42.6 Å². The summed E-state index contributed by atoms with van der Waals surface area (Å²) in [6, 6.07) is 14.6. The zero-order valence-electron chi connectivity index (χ0n) is 21.6. The second-order valence-electron chi connectivity index (χ2n) is 9.18. The molecule has 0 unspecified atom stereocenters. The number of nitrogens with zero attached hydrogens (tertiary/aromatic N) is 6. The van der Waals surface area contributed by atoms with Crippen LogP contribution in [0.5, 0.6) is 11.5 Å². The van der Waals surface area contributed by atoms with Gasteiger partial charge in [0.15, 0.2) is 23.9 Å². The second-order valence-corrected chi connectivity index (χ2v) is 9.18. The lowest BCUT2D eigenvalue weighted by Crippen LogP contribution is -2.27. The number of benzene rings is 2. The molecule has 11 nitrogen and oxygen atoms in total. The van der Waals surface area contributed by atoms with Crippen molar-refractivity contribution in [2.75, 3.05) is 5.32 Å². The molecule has 1 amide bonds. The molecular formula is C26H25F2N7O4.